The third-order valence-electron chi connectivity index (χ3n) is 3.61. The topological polar surface area (TPSA) is 37.4 Å². The lowest BCUT2D eigenvalue weighted by Gasteiger charge is -2.22. The van der Waals surface area contributed by atoms with Gasteiger partial charge in [0.2, 0.25) is 10.0 Å². The standard InChI is InChI=1S/C15H16BrNO2S2/c1-11-8-14(4-5-15(11)16)21(18,19)17(13-2-3-13)9-12-6-7-20-10-12/h4-8,10,13H,2-3,9H2,1H3. The molecule has 0 atom stereocenters. The minimum atomic E-state index is -3.44. The van der Waals surface area contributed by atoms with Crippen molar-refractivity contribution >= 4 is 37.3 Å². The number of thiophene rings is 1. The molecule has 3 nitrogen and oxygen atoms in total. The Morgan fingerprint density at radius 2 is 2.10 bits per heavy atom. The van der Waals surface area contributed by atoms with Gasteiger partial charge in [0.05, 0.1) is 4.90 Å². The lowest BCUT2D eigenvalue weighted by Crippen LogP contribution is -2.32. The minimum absolute atomic E-state index is 0.152. The first-order valence-corrected chi connectivity index (χ1v) is 9.95. The SMILES string of the molecule is Cc1cc(S(=O)(=O)N(Cc2ccsc2)C2CC2)ccc1Br. The summed E-state index contributed by atoms with van der Waals surface area (Å²) in [5.74, 6) is 0. The van der Waals surface area contributed by atoms with E-state index in [9.17, 15) is 8.42 Å². The second-order valence-electron chi connectivity index (χ2n) is 5.32. The van der Waals surface area contributed by atoms with Crippen molar-refractivity contribution in [2.45, 2.75) is 37.2 Å². The van der Waals surface area contributed by atoms with E-state index in [1.165, 1.54) is 0 Å². The van der Waals surface area contributed by atoms with Gasteiger partial charge in [-0.25, -0.2) is 8.42 Å². The Morgan fingerprint density at radius 1 is 1.33 bits per heavy atom. The van der Waals surface area contributed by atoms with Crippen molar-refractivity contribution in [3.8, 4) is 0 Å². The Labute approximate surface area is 137 Å². The van der Waals surface area contributed by atoms with Gasteiger partial charge in [-0.2, -0.15) is 15.6 Å². The van der Waals surface area contributed by atoms with E-state index in [0.29, 0.717) is 11.4 Å². The first-order valence-electron chi connectivity index (χ1n) is 6.77. The van der Waals surface area contributed by atoms with Crippen LogP contribution in [0.2, 0.25) is 0 Å². The Balaban J connectivity index is 1.95. The zero-order chi connectivity index (χ0) is 15.0. The fraction of sp³-hybridized carbons (Fsp3) is 0.333. The van der Waals surface area contributed by atoms with Crippen molar-refractivity contribution in [1.82, 2.24) is 4.31 Å². The van der Waals surface area contributed by atoms with Crippen LogP contribution in [0.3, 0.4) is 0 Å². The van der Waals surface area contributed by atoms with E-state index in [0.717, 1.165) is 28.4 Å². The highest BCUT2D eigenvalue weighted by Crippen LogP contribution is 2.34. The highest BCUT2D eigenvalue weighted by Gasteiger charge is 2.38. The van der Waals surface area contributed by atoms with Crippen LogP contribution in [0.5, 0.6) is 0 Å². The van der Waals surface area contributed by atoms with Gasteiger partial charge in [-0.05, 0) is 65.9 Å². The van der Waals surface area contributed by atoms with Gasteiger partial charge in [-0.15, -0.1) is 0 Å². The van der Waals surface area contributed by atoms with Gasteiger partial charge in [0.25, 0.3) is 0 Å². The number of benzene rings is 1. The maximum atomic E-state index is 12.9. The first-order chi connectivity index (χ1) is 9.98. The Bertz CT molecular complexity index is 737. The van der Waals surface area contributed by atoms with E-state index in [2.05, 4.69) is 15.9 Å². The number of aryl methyl sites for hydroxylation is 1. The van der Waals surface area contributed by atoms with Crippen LogP contribution in [-0.2, 0) is 16.6 Å². The van der Waals surface area contributed by atoms with Crippen LogP contribution >= 0.6 is 27.3 Å². The smallest absolute Gasteiger partial charge is 0.207 e. The average Bonchev–Trinajstić information content (AvgIpc) is 3.15. The second-order valence-corrected chi connectivity index (χ2v) is 8.85. The highest BCUT2D eigenvalue weighted by atomic mass is 79.9. The molecule has 6 heteroatoms. The molecule has 1 fully saturated rings. The second kappa shape index (κ2) is 5.83. The highest BCUT2D eigenvalue weighted by molar-refractivity contribution is 9.10. The van der Waals surface area contributed by atoms with E-state index in [-0.39, 0.29) is 6.04 Å². The molecule has 1 aliphatic carbocycles. The third-order valence-corrected chi connectivity index (χ3v) is 7.12. The molecule has 0 radical (unpaired) electrons. The van der Waals surface area contributed by atoms with E-state index in [4.69, 9.17) is 0 Å². The van der Waals surface area contributed by atoms with Crippen LogP contribution in [0.15, 0.2) is 44.4 Å². The molecule has 1 aliphatic rings. The molecule has 0 bridgehead atoms. The zero-order valence-corrected chi connectivity index (χ0v) is 14.8. The van der Waals surface area contributed by atoms with Gasteiger partial charge in [0, 0.05) is 17.1 Å². The Morgan fingerprint density at radius 3 is 2.67 bits per heavy atom. The summed E-state index contributed by atoms with van der Waals surface area (Å²) in [5.41, 5.74) is 1.99. The van der Waals surface area contributed by atoms with Crippen molar-refractivity contribution in [2.24, 2.45) is 0 Å². The molecule has 1 heterocycles. The Kier molecular flexibility index (Phi) is 4.23. The average molecular weight is 386 g/mol. The Hall–Kier alpha value is -0.690. The number of hydrogen-bond donors (Lipinski definition) is 0. The minimum Gasteiger partial charge on any atom is -0.207 e. The molecule has 112 valence electrons. The van der Waals surface area contributed by atoms with Crippen molar-refractivity contribution in [1.29, 1.82) is 0 Å². The lowest BCUT2D eigenvalue weighted by atomic mass is 10.2. The molecule has 0 saturated heterocycles. The normalized spacial score (nSPS) is 15.6. The molecule has 0 N–H and O–H groups in total. The van der Waals surface area contributed by atoms with Crippen molar-refractivity contribution in [2.75, 3.05) is 0 Å². The molecule has 2 aromatic rings. The molecule has 0 unspecified atom stereocenters. The summed E-state index contributed by atoms with van der Waals surface area (Å²) in [5, 5.41) is 3.99. The summed E-state index contributed by atoms with van der Waals surface area (Å²) in [6.07, 6.45) is 1.91. The van der Waals surface area contributed by atoms with Gasteiger partial charge in [-0.1, -0.05) is 15.9 Å². The summed E-state index contributed by atoms with van der Waals surface area (Å²) in [6.45, 7) is 2.37. The summed E-state index contributed by atoms with van der Waals surface area (Å²) in [4.78, 5) is 0.380. The quantitative estimate of drug-likeness (QED) is 0.774. The van der Waals surface area contributed by atoms with Crippen molar-refractivity contribution < 1.29 is 8.42 Å². The zero-order valence-electron chi connectivity index (χ0n) is 11.6. The van der Waals surface area contributed by atoms with Gasteiger partial charge in [0.15, 0.2) is 0 Å². The molecule has 1 aromatic carbocycles. The van der Waals surface area contributed by atoms with Crippen molar-refractivity contribution in [3.05, 3.63) is 50.6 Å². The third kappa shape index (κ3) is 3.23. The molecule has 0 amide bonds. The molecule has 0 aliphatic heterocycles. The van der Waals surface area contributed by atoms with Crippen LogP contribution in [0, 0.1) is 6.92 Å². The molecule has 21 heavy (non-hydrogen) atoms. The first kappa shape index (κ1) is 15.2. The molecule has 0 spiro atoms. The fourth-order valence-corrected chi connectivity index (χ4v) is 4.91. The van der Waals surface area contributed by atoms with Crippen LogP contribution < -0.4 is 0 Å². The van der Waals surface area contributed by atoms with Crippen molar-refractivity contribution in [3.63, 3.8) is 0 Å². The monoisotopic (exact) mass is 385 g/mol. The van der Waals surface area contributed by atoms with Crippen LogP contribution in [0.4, 0.5) is 0 Å². The van der Waals surface area contributed by atoms with E-state index in [1.807, 2.05) is 23.8 Å². The summed E-state index contributed by atoms with van der Waals surface area (Å²) in [6, 6.07) is 7.36. The maximum Gasteiger partial charge on any atom is 0.243 e. The molecule has 1 aromatic heterocycles. The van der Waals surface area contributed by atoms with E-state index < -0.39 is 10.0 Å². The molecule has 1 saturated carbocycles. The molecular weight excluding hydrogens is 370 g/mol. The number of rotatable bonds is 5. The number of sulfonamides is 1. The number of halogens is 1. The predicted molar refractivity (Wildman–Crippen MR) is 88.9 cm³/mol. The summed E-state index contributed by atoms with van der Waals surface area (Å²) < 4.78 is 28.4. The van der Waals surface area contributed by atoms with Gasteiger partial charge >= 0.3 is 0 Å². The van der Waals surface area contributed by atoms with Gasteiger partial charge in [-0.3, -0.25) is 0 Å². The largest absolute Gasteiger partial charge is 0.243 e. The van der Waals surface area contributed by atoms with Crippen LogP contribution in [0.25, 0.3) is 0 Å². The number of hydrogen-bond acceptors (Lipinski definition) is 3. The van der Waals surface area contributed by atoms with Crippen LogP contribution in [0.1, 0.15) is 24.0 Å². The summed E-state index contributed by atoms with van der Waals surface area (Å²) in [7, 11) is -3.44. The predicted octanol–water partition coefficient (Wildman–Crippen LogP) is 4.17. The number of nitrogens with zero attached hydrogens (tertiary/aromatic N) is 1. The molecule has 3 rings (SSSR count). The van der Waals surface area contributed by atoms with E-state index in [1.54, 1.807) is 33.8 Å². The van der Waals surface area contributed by atoms with E-state index >= 15 is 0 Å². The van der Waals surface area contributed by atoms with Gasteiger partial charge in [0.1, 0.15) is 0 Å². The maximum absolute atomic E-state index is 12.9. The fourth-order valence-electron chi connectivity index (χ4n) is 2.25. The summed E-state index contributed by atoms with van der Waals surface area (Å²) >= 11 is 5.01. The van der Waals surface area contributed by atoms with Crippen LogP contribution in [-0.4, -0.2) is 18.8 Å². The van der Waals surface area contributed by atoms with Gasteiger partial charge < -0.3 is 0 Å². The molecular formula is C15H16BrNO2S2. The lowest BCUT2D eigenvalue weighted by molar-refractivity contribution is 0.399.